The quantitative estimate of drug-likeness (QED) is 0.566. The maximum atomic E-state index is 11.3. The van der Waals surface area contributed by atoms with E-state index in [1.54, 1.807) is 12.1 Å². The van der Waals surface area contributed by atoms with Gasteiger partial charge < -0.3 is 10.1 Å². The van der Waals surface area contributed by atoms with E-state index in [4.69, 9.17) is 4.74 Å². The molecule has 6 heteroatoms. The van der Waals surface area contributed by atoms with Gasteiger partial charge in [0.25, 0.3) is 0 Å². The van der Waals surface area contributed by atoms with Gasteiger partial charge in [-0.05, 0) is 35.0 Å². The zero-order valence-electron chi connectivity index (χ0n) is 12.9. The lowest BCUT2D eigenvalue weighted by Crippen LogP contribution is -2.06. The van der Waals surface area contributed by atoms with Crippen LogP contribution < -0.4 is 10.1 Å². The van der Waals surface area contributed by atoms with Crippen LogP contribution in [0.4, 0.5) is 11.4 Å². The number of fused-ring (bicyclic) bond motifs is 1. The van der Waals surface area contributed by atoms with E-state index in [1.807, 2.05) is 36.4 Å². The van der Waals surface area contributed by atoms with Gasteiger partial charge in [-0.25, -0.2) is 0 Å². The van der Waals surface area contributed by atoms with E-state index >= 15 is 0 Å². The van der Waals surface area contributed by atoms with Crippen LogP contribution >= 0.6 is 0 Å². The van der Waals surface area contributed by atoms with Crippen LogP contribution in [0, 0.1) is 10.1 Å². The number of nitro groups is 1. The summed E-state index contributed by atoms with van der Waals surface area (Å²) in [6, 6.07) is 17.5. The highest BCUT2D eigenvalue weighted by atomic mass is 16.6. The van der Waals surface area contributed by atoms with E-state index in [-0.39, 0.29) is 17.3 Å². The molecule has 0 aliphatic carbocycles. The fourth-order valence-corrected chi connectivity index (χ4v) is 2.39. The third kappa shape index (κ3) is 3.33. The second-order valence-electron chi connectivity index (χ2n) is 5.23. The number of anilines is 1. The van der Waals surface area contributed by atoms with Crippen molar-refractivity contribution in [3.63, 3.8) is 0 Å². The number of nitrogens with zero attached hydrogens (tertiary/aromatic N) is 1. The van der Waals surface area contributed by atoms with E-state index in [0.29, 0.717) is 11.4 Å². The van der Waals surface area contributed by atoms with Gasteiger partial charge in [-0.15, -0.1) is 0 Å². The zero-order valence-corrected chi connectivity index (χ0v) is 12.9. The maximum Gasteiger partial charge on any atom is 0.313 e. The number of ether oxygens (including phenoxy) is 1. The van der Waals surface area contributed by atoms with Gasteiger partial charge in [0.05, 0.1) is 4.92 Å². The topological polar surface area (TPSA) is 81.5 Å². The molecular formula is C18H14N2O4. The number of carbonyl (C=O) groups is 1. The summed E-state index contributed by atoms with van der Waals surface area (Å²) in [4.78, 5) is 21.8. The van der Waals surface area contributed by atoms with Gasteiger partial charge >= 0.3 is 5.69 Å². The molecule has 3 aromatic carbocycles. The van der Waals surface area contributed by atoms with Crippen molar-refractivity contribution in [2.75, 3.05) is 5.32 Å². The molecule has 0 radical (unpaired) electrons. The SMILES string of the molecule is CC(=O)Nc1ccc(Oc2ccc3ccccc3c2)c([N+](=O)[O-])c1. The summed E-state index contributed by atoms with van der Waals surface area (Å²) in [5.74, 6) is 0.320. The molecule has 0 aliphatic heterocycles. The second-order valence-corrected chi connectivity index (χ2v) is 5.23. The summed E-state index contributed by atoms with van der Waals surface area (Å²) in [6.45, 7) is 1.34. The maximum absolute atomic E-state index is 11.3. The van der Waals surface area contributed by atoms with Gasteiger partial charge in [0.1, 0.15) is 5.75 Å². The first-order valence-corrected chi connectivity index (χ1v) is 7.25. The Morgan fingerprint density at radius 3 is 2.50 bits per heavy atom. The summed E-state index contributed by atoms with van der Waals surface area (Å²) in [6.07, 6.45) is 0. The Balaban J connectivity index is 1.95. The summed E-state index contributed by atoms with van der Waals surface area (Å²) in [5.41, 5.74) is 0.134. The number of nitro benzene ring substituents is 1. The Labute approximate surface area is 137 Å². The highest BCUT2D eigenvalue weighted by Gasteiger charge is 2.17. The van der Waals surface area contributed by atoms with Crippen LogP contribution in [-0.4, -0.2) is 10.8 Å². The summed E-state index contributed by atoms with van der Waals surface area (Å²) in [7, 11) is 0. The minimum absolute atomic E-state index is 0.115. The molecule has 0 fully saturated rings. The Hall–Kier alpha value is -3.41. The average molecular weight is 322 g/mol. The summed E-state index contributed by atoms with van der Waals surface area (Å²) < 4.78 is 5.68. The minimum atomic E-state index is -0.540. The molecule has 0 saturated heterocycles. The zero-order chi connectivity index (χ0) is 17.1. The van der Waals surface area contributed by atoms with Crippen molar-refractivity contribution < 1.29 is 14.5 Å². The number of carbonyl (C=O) groups excluding carboxylic acids is 1. The molecule has 6 nitrogen and oxygen atoms in total. The largest absolute Gasteiger partial charge is 0.450 e. The molecule has 24 heavy (non-hydrogen) atoms. The second kappa shape index (κ2) is 6.37. The molecule has 3 rings (SSSR count). The van der Waals surface area contributed by atoms with Gasteiger partial charge in [-0.1, -0.05) is 30.3 Å². The normalized spacial score (nSPS) is 10.4. The Bertz CT molecular complexity index is 937. The predicted octanol–water partition coefficient (Wildman–Crippen LogP) is 4.50. The van der Waals surface area contributed by atoms with Crippen molar-refractivity contribution in [2.24, 2.45) is 0 Å². The smallest absolute Gasteiger partial charge is 0.313 e. The first-order valence-electron chi connectivity index (χ1n) is 7.25. The first kappa shape index (κ1) is 15.5. The van der Waals surface area contributed by atoms with Gasteiger partial charge in [0.15, 0.2) is 0 Å². The highest BCUT2D eigenvalue weighted by Crippen LogP contribution is 2.34. The third-order valence-corrected chi connectivity index (χ3v) is 3.42. The number of nitrogens with one attached hydrogen (secondary N) is 1. The van der Waals surface area contributed by atoms with Crippen LogP contribution in [0.25, 0.3) is 10.8 Å². The van der Waals surface area contributed by atoms with E-state index in [9.17, 15) is 14.9 Å². The van der Waals surface area contributed by atoms with Crippen LogP contribution in [0.15, 0.2) is 60.7 Å². The molecule has 0 atom stereocenters. The fraction of sp³-hybridized carbons (Fsp3) is 0.0556. The van der Waals surface area contributed by atoms with E-state index < -0.39 is 4.92 Å². The van der Waals surface area contributed by atoms with Gasteiger partial charge in [-0.2, -0.15) is 0 Å². The lowest BCUT2D eigenvalue weighted by molar-refractivity contribution is -0.385. The van der Waals surface area contributed by atoms with Gasteiger partial charge in [0.2, 0.25) is 11.7 Å². The van der Waals surface area contributed by atoms with Crippen LogP contribution in [0.3, 0.4) is 0 Å². The standard InChI is InChI=1S/C18H14N2O4/c1-12(21)19-15-7-9-18(17(11-15)20(22)23)24-16-8-6-13-4-2-3-5-14(13)10-16/h2-11H,1H3,(H,19,21). The van der Waals surface area contributed by atoms with Crippen molar-refractivity contribution in [1.29, 1.82) is 0 Å². The van der Waals surface area contributed by atoms with Crippen molar-refractivity contribution in [1.82, 2.24) is 0 Å². The number of amides is 1. The third-order valence-electron chi connectivity index (χ3n) is 3.42. The van der Waals surface area contributed by atoms with Crippen LogP contribution in [0.2, 0.25) is 0 Å². The van der Waals surface area contributed by atoms with Crippen molar-refractivity contribution in [2.45, 2.75) is 6.92 Å². The lowest BCUT2D eigenvalue weighted by Gasteiger charge is -2.09. The summed E-state index contributed by atoms with van der Waals surface area (Å²) in [5, 5.41) is 15.8. The van der Waals surface area contributed by atoms with E-state index in [0.717, 1.165) is 10.8 Å². The molecule has 0 saturated carbocycles. The summed E-state index contributed by atoms with van der Waals surface area (Å²) >= 11 is 0. The number of benzene rings is 3. The molecule has 0 bridgehead atoms. The monoisotopic (exact) mass is 322 g/mol. The number of rotatable bonds is 4. The molecular weight excluding hydrogens is 308 g/mol. The fourth-order valence-electron chi connectivity index (χ4n) is 2.39. The Kier molecular flexibility index (Phi) is 4.11. The Morgan fingerprint density at radius 2 is 1.79 bits per heavy atom. The van der Waals surface area contributed by atoms with E-state index in [2.05, 4.69) is 5.32 Å². The van der Waals surface area contributed by atoms with Crippen LogP contribution in [0.5, 0.6) is 11.5 Å². The van der Waals surface area contributed by atoms with Crippen molar-refractivity contribution >= 4 is 28.1 Å². The average Bonchev–Trinajstić information content (AvgIpc) is 2.55. The molecule has 0 heterocycles. The molecule has 0 spiro atoms. The number of hydrogen-bond donors (Lipinski definition) is 1. The molecule has 0 unspecified atom stereocenters. The highest BCUT2D eigenvalue weighted by molar-refractivity contribution is 5.89. The van der Waals surface area contributed by atoms with E-state index in [1.165, 1.54) is 19.1 Å². The molecule has 1 N–H and O–H groups in total. The molecule has 120 valence electrons. The molecule has 0 aromatic heterocycles. The predicted molar refractivity (Wildman–Crippen MR) is 91.4 cm³/mol. The number of hydrogen-bond acceptors (Lipinski definition) is 4. The Morgan fingerprint density at radius 1 is 1.04 bits per heavy atom. The van der Waals surface area contributed by atoms with Crippen molar-refractivity contribution in [3.05, 3.63) is 70.8 Å². The molecule has 0 aliphatic rings. The van der Waals surface area contributed by atoms with Crippen LogP contribution in [0.1, 0.15) is 6.92 Å². The van der Waals surface area contributed by atoms with Gasteiger partial charge in [0, 0.05) is 18.7 Å². The molecule has 1 amide bonds. The van der Waals surface area contributed by atoms with Gasteiger partial charge in [-0.3, -0.25) is 14.9 Å². The lowest BCUT2D eigenvalue weighted by atomic mass is 10.1. The van der Waals surface area contributed by atoms with Crippen LogP contribution in [-0.2, 0) is 4.79 Å². The molecule has 3 aromatic rings. The van der Waals surface area contributed by atoms with Crippen molar-refractivity contribution in [3.8, 4) is 11.5 Å². The first-order chi connectivity index (χ1) is 11.5. The minimum Gasteiger partial charge on any atom is -0.450 e.